The minimum atomic E-state index is -3.97. The maximum atomic E-state index is 12.7. The zero-order chi connectivity index (χ0) is 26.6. The number of sulfonamides is 1. The van der Waals surface area contributed by atoms with E-state index < -0.39 is 27.8 Å². The van der Waals surface area contributed by atoms with Crippen molar-refractivity contribution in [2.45, 2.75) is 18.2 Å². The lowest BCUT2D eigenvalue weighted by molar-refractivity contribution is -0.122. The third-order valence-electron chi connectivity index (χ3n) is 5.68. The molecule has 10 nitrogen and oxygen atoms in total. The number of benzene rings is 3. The first-order valence-corrected chi connectivity index (χ1v) is 12.8. The van der Waals surface area contributed by atoms with Crippen molar-refractivity contribution in [1.29, 1.82) is 0 Å². The molecule has 37 heavy (non-hydrogen) atoms. The number of nitrogens with one attached hydrogen (secondary N) is 3. The Morgan fingerprint density at radius 1 is 0.838 bits per heavy atom. The Bertz CT molecular complexity index is 1440. The van der Waals surface area contributed by atoms with Gasteiger partial charge in [0.1, 0.15) is 0 Å². The number of hydrogen-bond acceptors (Lipinski definition) is 6. The molecule has 1 atom stereocenters. The van der Waals surface area contributed by atoms with Crippen LogP contribution in [0.5, 0.6) is 0 Å². The Morgan fingerprint density at radius 3 is 2.05 bits per heavy atom. The molecule has 190 valence electrons. The molecule has 11 heteroatoms. The molecule has 3 aromatic rings. The highest BCUT2D eigenvalue weighted by Crippen LogP contribution is 2.26. The van der Waals surface area contributed by atoms with E-state index in [1.807, 2.05) is 35.1 Å². The summed E-state index contributed by atoms with van der Waals surface area (Å²) in [6, 6.07) is 20.8. The third-order valence-corrected chi connectivity index (χ3v) is 7.13. The summed E-state index contributed by atoms with van der Waals surface area (Å²) >= 11 is 0. The van der Waals surface area contributed by atoms with Gasteiger partial charge in [-0.15, -0.1) is 0 Å². The molecule has 4 rings (SSSR count). The van der Waals surface area contributed by atoms with E-state index in [2.05, 4.69) is 10.6 Å². The molecule has 0 aromatic heterocycles. The molecule has 4 amide bonds. The van der Waals surface area contributed by atoms with Gasteiger partial charge in [0.05, 0.1) is 10.8 Å². The number of para-hydroxylation sites is 1. The van der Waals surface area contributed by atoms with Crippen molar-refractivity contribution in [3.05, 3.63) is 84.4 Å². The second kappa shape index (κ2) is 10.6. The van der Waals surface area contributed by atoms with Crippen LogP contribution < -0.4 is 20.3 Å². The summed E-state index contributed by atoms with van der Waals surface area (Å²) in [6.07, 6.45) is 0.117. The number of carbonyl (C=O) groups is 4. The molecule has 0 saturated carbocycles. The van der Waals surface area contributed by atoms with Crippen LogP contribution >= 0.6 is 0 Å². The van der Waals surface area contributed by atoms with Gasteiger partial charge in [-0.05, 0) is 60.7 Å². The number of carbonyl (C=O) groups excluding carboxylic acids is 4. The lowest BCUT2D eigenvalue weighted by Gasteiger charge is -2.16. The van der Waals surface area contributed by atoms with Crippen LogP contribution in [0.3, 0.4) is 0 Å². The van der Waals surface area contributed by atoms with E-state index >= 15 is 0 Å². The number of anilines is 3. The van der Waals surface area contributed by atoms with Crippen LogP contribution in [0.4, 0.5) is 17.1 Å². The van der Waals surface area contributed by atoms with Crippen LogP contribution in [0.1, 0.15) is 23.7 Å². The molecular weight excluding hydrogens is 496 g/mol. The van der Waals surface area contributed by atoms with Crippen LogP contribution in [-0.4, -0.2) is 38.6 Å². The normalized spacial score (nSPS) is 15.2. The number of amides is 4. The Hall–Kier alpha value is -4.51. The monoisotopic (exact) mass is 520 g/mol. The highest BCUT2D eigenvalue weighted by atomic mass is 32.2. The Kier molecular flexibility index (Phi) is 7.35. The minimum absolute atomic E-state index is 0.112. The van der Waals surface area contributed by atoms with Crippen LogP contribution in [-0.2, 0) is 24.4 Å². The molecule has 3 aromatic carbocycles. The maximum Gasteiger partial charge on any atom is 0.264 e. The van der Waals surface area contributed by atoms with E-state index in [1.54, 1.807) is 17.0 Å². The quantitative estimate of drug-likeness (QED) is 0.437. The van der Waals surface area contributed by atoms with Crippen molar-refractivity contribution in [1.82, 2.24) is 4.72 Å². The largest absolute Gasteiger partial charge is 0.326 e. The topological polar surface area (TPSA) is 142 Å². The molecular formula is C26H24N4O6S. The van der Waals surface area contributed by atoms with E-state index in [-0.39, 0.29) is 23.1 Å². The first kappa shape index (κ1) is 25.6. The van der Waals surface area contributed by atoms with Gasteiger partial charge in [0.15, 0.2) is 0 Å². The van der Waals surface area contributed by atoms with Crippen molar-refractivity contribution in [2.75, 3.05) is 22.1 Å². The first-order valence-electron chi connectivity index (χ1n) is 11.3. The summed E-state index contributed by atoms with van der Waals surface area (Å²) in [5.74, 6) is -2.02. The van der Waals surface area contributed by atoms with Crippen LogP contribution in [0, 0.1) is 5.92 Å². The zero-order valence-corrected chi connectivity index (χ0v) is 20.6. The highest BCUT2D eigenvalue weighted by Gasteiger charge is 2.35. The Morgan fingerprint density at radius 2 is 1.43 bits per heavy atom. The third kappa shape index (κ3) is 6.19. The van der Waals surface area contributed by atoms with E-state index in [1.165, 1.54) is 36.4 Å². The van der Waals surface area contributed by atoms with Crippen molar-refractivity contribution in [3.8, 4) is 0 Å². The highest BCUT2D eigenvalue weighted by molar-refractivity contribution is 7.90. The van der Waals surface area contributed by atoms with E-state index in [4.69, 9.17) is 0 Å². The Labute approximate surface area is 213 Å². The molecule has 1 fully saturated rings. The molecule has 1 aliphatic rings. The minimum Gasteiger partial charge on any atom is -0.326 e. The van der Waals surface area contributed by atoms with E-state index in [0.29, 0.717) is 23.5 Å². The van der Waals surface area contributed by atoms with Crippen molar-refractivity contribution < 1.29 is 27.6 Å². The maximum absolute atomic E-state index is 12.7. The second-order valence-corrected chi connectivity index (χ2v) is 10.1. The number of rotatable bonds is 7. The molecule has 1 unspecified atom stereocenters. The molecule has 0 spiro atoms. The van der Waals surface area contributed by atoms with Crippen molar-refractivity contribution in [2.24, 2.45) is 5.92 Å². The van der Waals surface area contributed by atoms with Gasteiger partial charge in [0, 0.05) is 42.5 Å². The lowest BCUT2D eigenvalue weighted by atomic mass is 10.1. The summed E-state index contributed by atoms with van der Waals surface area (Å²) in [5.41, 5.74) is 1.92. The molecule has 0 bridgehead atoms. The van der Waals surface area contributed by atoms with Gasteiger partial charge in [-0.2, -0.15) is 0 Å². The van der Waals surface area contributed by atoms with Gasteiger partial charge in [-0.1, -0.05) is 18.2 Å². The summed E-state index contributed by atoms with van der Waals surface area (Å²) < 4.78 is 25.9. The molecule has 3 N–H and O–H groups in total. The molecule has 0 aliphatic carbocycles. The summed E-state index contributed by atoms with van der Waals surface area (Å²) in [7, 11) is -3.97. The Balaban J connectivity index is 1.34. The van der Waals surface area contributed by atoms with Crippen LogP contribution in [0.2, 0.25) is 0 Å². The van der Waals surface area contributed by atoms with Crippen LogP contribution in [0.25, 0.3) is 0 Å². The molecule has 1 aliphatic heterocycles. The average molecular weight is 521 g/mol. The summed E-state index contributed by atoms with van der Waals surface area (Å²) in [6.45, 7) is 1.39. The average Bonchev–Trinajstić information content (AvgIpc) is 3.26. The standard InChI is InChI=1S/C26H24N4O6S/c1-17(31)29-37(35,36)23-13-11-21(12-14-23)27-25(33)18-7-9-20(10-8-18)28-26(34)19-15-24(32)30(16-19)22-5-3-2-4-6-22/h2-14,19H,15-16H2,1H3,(H,27,33)(H,28,34)(H,29,31). The first-order chi connectivity index (χ1) is 17.6. The molecule has 1 saturated heterocycles. The smallest absolute Gasteiger partial charge is 0.264 e. The lowest BCUT2D eigenvalue weighted by Crippen LogP contribution is -2.28. The van der Waals surface area contributed by atoms with Gasteiger partial charge in [-0.25, -0.2) is 13.1 Å². The van der Waals surface area contributed by atoms with Crippen LogP contribution in [0.15, 0.2) is 83.8 Å². The van der Waals surface area contributed by atoms with Crippen molar-refractivity contribution in [3.63, 3.8) is 0 Å². The van der Waals surface area contributed by atoms with E-state index in [0.717, 1.165) is 12.6 Å². The van der Waals surface area contributed by atoms with Crippen molar-refractivity contribution >= 4 is 50.7 Å². The van der Waals surface area contributed by atoms with Gasteiger partial charge < -0.3 is 15.5 Å². The van der Waals surface area contributed by atoms with Gasteiger partial charge in [0.2, 0.25) is 17.7 Å². The fourth-order valence-electron chi connectivity index (χ4n) is 3.86. The number of nitrogens with zero attached hydrogens (tertiary/aromatic N) is 1. The van der Waals surface area contributed by atoms with E-state index in [9.17, 15) is 27.6 Å². The van der Waals surface area contributed by atoms with Gasteiger partial charge in [-0.3, -0.25) is 19.2 Å². The SMILES string of the molecule is CC(=O)NS(=O)(=O)c1ccc(NC(=O)c2ccc(NC(=O)C3CC(=O)N(c4ccccc4)C3)cc2)cc1. The molecule has 0 radical (unpaired) electrons. The summed E-state index contributed by atoms with van der Waals surface area (Å²) in [5, 5.41) is 5.45. The van der Waals surface area contributed by atoms with Gasteiger partial charge >= 0.3 is 0 Å². The fraction of sp³-hybridized carbons (Fsp3) is 0.154. The second-order valence-electron chi connectivity index (χ2n) is 8.45. The fourth-order valence-corrected chi connectivity index (χ4v) is 4.85. The van der Waals surface area contributed by atoms with Gasteiger partial charge in [0.25, 0.3) is 15.9 Å². The predicted molar refractivity (Wildman–Crippen MR) is 137 cm³/mol. The number of hydrogen-bond donors (Lipinski definition) is 3. The zero-order valence-electron chi connectivity index (χ0n) is 19.8. The summed E-state index contributed by atoms with van der Waals surface area (Å²) in [4.78, 5) is 50.2. The predicted octanol–water partition coefficient (Wildman–Crippen LogP) is 2.76. The molecule has 1 heterocycles.